The average Bonchev–Trinajstić information content (AvgIpc) is 3.27. The first-order valence-electron chi connectivity index (χ1n) is 6.86. The van der Waals surface area contributed by atoms with E-state index in [1.807, 2.05) is 6.92 Å². The Morgan fingerprint density at radius 1 is 1.40 bits per heavy atom. The lowest BCUT2D eigenvalue weighted by molar-refractivity contribution is 0.189. The number of nitrogens with zero attached hydrogens (tertiary/aromatic N) is 1. The van der Waals surface area contributed by atoms with Gasteiger partial charge in [0, 0.05) is 0 Å². The summed E-state index contributed by atoms with van der Waals surface area (Å²) in [6, 6.07) is 5.81. The monoisotopic (exact) mass is 280 g/mol. The molecule has 1 N–H and O–H groups in total. The number of ether oxygens (including phenoxy) is 1. The minimum atomic E-state index is -0.856. The molecule has 1 unspecified atom stereocenters. The van der Waals surface area contributed by atoms with E-state index >= 15 is 0 Å². The maximum Gasteiger partial charge on any atom is 0.190 e. The highest BCUT2D eigenvalue weighted by Gasteiger charge is 2.46. The molecule has 1 fully saturated rings. The molecule has 108 valence electrons. The fourth-order valence-electron chi connectivity index (χ4n) is 2.21. The van der Waals surface area contributed by atoms with Crippen molar-refractivity contribution >= 4 is 0 Å². The molecule has 5 heteroatoms. The van der Waals surface area contributed by atoms with Crippen molar-refractivity contribution in [2.75, 3.05) is 13.2 Å². The van der Waals surface area contributed by atoms with E-state index < -0.39 is 22.9 Å². The van der Waals surface area contributed by atoms with E-state index in [1.54, 1.807) is 0 Å². The van der Waals surface area contributed by atoms with E-state index in [0.29, 0.717) is 6.54 Å². The quantitative estimate of drug-likeness (QED) is 0.835. The summed E-state index contributed by atoms with van der Waals surface area (Å²) in [5, 5.41) is 12.6. The molecule has 0 aromatic heterocycles. The molecule has 0 spiro atoms. The molecule has 20 heavy (non-hydrogen) atoms. The largest absolute Gasteiger partial charge is 0.484 e. The van der Waals surface area contributed by atoms with Gasteiger partial charge in [-0.25, -0.2) is 8.78 Å². The smallest absolute Gasteiger partial charge is 0.190 e. The highest BCUT2D eigenvalue weighted by atomic mass is 19.1. The lowest BCUT2D eigenvalue weighted by Gasteiger charge is -2.28. The van der Waals surface area contributed by atoms with E-state index in [-0.39, 0.29) is 12.5 Å². The average molecular weight is 280 g/mol. The molecule has 1 aromatic carbocycles. The summed E-state index contributed by atoms with van der Waals surface area (Å²) >= 11 is 0. The van der Waals surface area contributed by atoms with Crippen molar-refractivity contribution in [1.82, 2.24) is 5.32 Å². The molecule has 0 amide bonds. The second kappa shape index (κ2) is 6.19. The zero-order valence-electron chi connectivity index (χ0n) is 11.5. The van der Waals surface area contributed by atoms with Gasteiger partial charge in [-0.05, 0) is 43.9 Å². The van der Waals surface area contributed by atoms with Crippen LogP contribution >= 0.6 is 0 Å². The van der Waals surface area contributed by atoms with Crippen molar-refractivity contribution in [2.45, 2.75) is 31.7 Å². The van der Waals surface area contributed by atoms with Crippen molar-refractivity contribution < 1.29 is 13.5 Å². The summed E-state index contributed by atoms with van der Waals surface area (Å²) in [4.78, 5) is 0. The highest BCUT2D eigenvalue weighted by Crippen LogP contribution is 2.40. The lowest BCUT2D eigenvalue weighted by atomic mass is 9.96. The summed E-state index contributed by atoms with van der Waals surface area (Å²) in [5.74, 6) is -1.72. The van der Waals surface area contributed by atoms with Gasteiger partial charge in [-0.3, -0.25) is 5.32 Å². The third-order valence-electron chi connectivity index (χ3n) is 3.53. The Morgan fingerprint density at radius 2 is 2.05 bits per heavy atom. The third-order valence-corrected chi connectivity index (χ3v) is 3.53. The van der Waals surface area contributed by atoms with E-state index in [2.05, 4.69) is 11.4 Å². The molecule has 2 rings (SSSR count). The van der Waals surface area contributed by atoms with Crippen LogP contribution < -0.4 is 10.1 Å². The van der Waals surface area contributed by atoms with Crippen LogP contribution in [0.3, 0.4) is 0 Å². The van der Waals surface area contributed by atoms with Crippen LogP contribution in [0.5, 0.6) is 5.75 Å². The Labute approximate surface area is 117 Å². The number of para-hydroxylation sites is 1. The summed E-state index contributed by atoms with van der Waals surface area (Å²) < 4.78 is 32.3. The van der Waals surface area contributed by atoms with E-state index in [9.17, 15) is 14.0 Å². The predicted molar refractivity (Wildman–Crippen MR) is 71.2 cm³/mol. The normalized spacial score (nSPS) is 17.3. The van der Waals surface area contributed by atoms with Crippen LogP contribution in [0.4, 0.5) is 8.78 Å². The molecule has 1 aliphatic carbocycles. The molecular formula is C15H18F2N2O. The van der Waals surface area contributed by atoms with Gasteiger partial charge < -0.3 is 4.74 Å². The van der Waals surface area contributed by atoms with Gasteiger partial charge in [0.15, 0.2) is 17.4 Å². The zero-order valence-corrected chi connectivity index (χ0v) is 11.5. The van der Waals surface area contributed by atoms with Gasteiger partial charge in [0.1, 0.15) is 12.1 Å². The maximum atomic E-state index is 13.5. The van der Waals surface area contributed by atoms with Crippen LogP contribution in [-0.2, 0) is 0 Å². The van der Waals surface area contributed by atoms with Gasteiger partial charge in [0.05, 0.1) is 6.07 Å². The zero-order chi connectivity index (χ0) is 14.6. The molecule has 0 heterocycles. The summed E-state index contributed by atoms with van der Waals surface area (Å²) in [6.45, 7) is 2.62. The Balaban J connectivity index is 2.11. The molecule has 1 saturated carbocycles. The standard InChI is InChI=1S/C15H18F2N2O/c1-2-8-19-15(9-18,11-6-7-11)10-20-14-12(16)4-3-5-13(14)17/h3-5,11,19H,2,6-8,10H2,1H3. The Hall–Kier alpha value is -1.67. The third kappa shape index (κ3) is 3.07. The molecule has 1 aromatic rings. The second-order valence-corrected chi connectivity index (χ2v) is 5.12. The fourth-order valence-corrected chi connectivity index (χ4v) is 2.21. The number of rotatable bonds is 7. The number of hydrogen-bond acceptors (Lipinski definition) is 3. The van der Waals surface area contributed by atoms with Crippen molar-refractivity contribution in [3.05, 3.63) is 29.8 Å². The summed E-state index contributed by atoms with van der Waals surface area (Å²) in [5.41, 5.74) is -0.856. The molecule has 1 atom stereocenters. The Morgan fingerprint density at radius 3 is 2.55 bits per heavy atom. The molecule has 1 aliphatic rings. The summed E-state index contributed by atoms with van der Waals surface area (Å²) in [6.07, 6.45) is 2.75. The molecule has 3 nitrogen and oxygen atoms in total. The van der Waals surface area contributed by atoms with Gasteiger partial charge in [0.2, 0.25) is 0 Å². The van der Waals surface area contributed by atoms with Gasteiger partial charge in [0.25, 0.3) is 0 Å². The van der Waals surface area contributed by atoms with E-state index in [0.717, 1.165) is 31.4 Å². The minimum absolute atomic E-state index is 0.0496. The number of hydrogen-bond donors (Lipinski definition) is 1. The first-order valence-corrected chi connectivity index (χ1v) is 6.86. The topological polar surface area (TPSA) is 45.0 Å². The predicted octanol–water partition coefficient (Wildman–Crippen LogP) is 3.02. The maximum absolute atomic E-state index is 13.5. The lowest BCUT2D eigenvalue weighted by Crippen LogP contribution is -2.51. The molecule has 0 saturated heterocycles. The van der Waals surface area contributed by atoms with Gasteiger partial charge in [-0.15, -0.1) is 0 Å². The second-order valence-electron chi connectivity index (χ2n) is 5.12. The number of nitriles is 1. The number of benzene rings is 1. The molecule has 0 aliphatic heterocycles. The Kier molecular flexibility index (Phi) is 4.56. The van der Waals surface area contributed by atoms with E-state index in [1.165, 1.54) is 6.07 Å². The van der Waals surface area contributed by atoms with Crippen LogP contribution in [0.1, 0.15) is 26.2 Å². The van der Waals surface area contributed by atoms with Crippen LogP contribution in [0.25, 0.3) is 0 Å². The Bertz CT molecular complexity index is 491. The molecule has 0 bridgehead atoms. The van der Waals surface area contributed by atoms with E-state index in [4.69, 9.17) is 4.74 Å². The van der Waals surface area contributed by atoms with Crippen molar-refractivity contribution in [3.8, 4) is 11.8 Å². The van der Waals surface area contributed by atoms with Crippen LogP contribution in [0.15, 0.2) is 18.2 Å². The first kappa shape index (κ1) is 14.7. The highest BCUT2D eigenvalue weighted by molar-refractivity contribution is 5.27. The minimum Gasteiger partial charge on any atom is -0.484 e. The van der Waals surface area contributed by atoms with Crippen molar-refractivity contribution in [1.29, 1.82) is 5.26 Å². The first-order chi connectivity index (χ1) is 9.63. The van der Waals surface area contributed by atoms with Crippen molar-refractivity contribution in [3.63, 3.8) is 0 Å². The molecular weight excluding hydrogens is 262 g/mol. The number of nitrogens with one attached hydrogen (secondary N) is 1. The van der Waals surface area contributed by atoms with Gasteiger partial charge >= 0.3 is 0 Å². The van der Waals surface area contributed by atoms with Gasteiger partial charge in [-0.2, -0.15) is 5.26 Å². The molecule has 0 radical (unpaired) electrons. The van der Waals surface area contributed by atoms with Crippen LogP contribution in [-0.4, -0.2) is 18.7 Å². The SMILES string of the molecule is CCCNC(C#N)(COc1c(F)cccc1F)C1CC1. The van der Waals surface area contributed by atoms with Crippen molar-refractivity contribution in [2.24, 2.45) is 5.92 Å². The van der Waals surface area contributed by atoms with Gasteiger partial charge in [-0.1, -0.05) is 13.0 Å². The number of halogens is 2. The van der Waals surface area contributed by atoms with Crippen LogP contribution in [0, 0.1) is 28.9 Å². The summed E-state index contributed by atoms with van der Waals surface area (Å²) in [7, 11) is 0. The fraction of sp³-hybridized carbons (Fsp3) is 0.533. The van der Waals surface area contributed by atoms with Crippen LogP contribution in [0.2, 0.25) is 0 Å².